The molecule has 2 aromatic heterocycles. The molecule has 1 aliphatic heterocycles. The van der Waals surface area contributed by atoms with E-state index < -0.39 is 0 Å². The monoisotopic (exact) mass is 258 g/mol. The molecule has 0 aliphatic carbocycles. The van der Waals surface area contributed by atoms with Gasteiger partial charge in [-0.15, -0.1) is 0 Å². The second kappa shape index (κ2) is 5.29. The summed E-state index contributed by atoms with van der Waals surface area (Å²) in [6.07, 6.45) is 5.33. The fraction of sp³-hybridized carbons (Fsp3) is 0.600. The van der Waals surface area contributed by atoms with Gasteiger partial charge < -0.3 is 9.47 Å². The smallest absolute Gasteiger partial charge is 0.159 e. The largest absolute Gasteiger partial charge is 0.312 e. The zero-order valence-corrected chi connectivity index (χ0v) is 11.8. The normalized spacial score (nSPS) is 20.4. The van der Waals surface area contributed by atoms with E-state index in [0.29, 0.717) is 0 Å². The number of nitrogens with zero attached hydrogens (tertiary/aromatic N) is 4. The summed E-state index contributed by atoms with van der Waals surface area (Å²) in [7, 11) is 2.21. The average molecular weight is 258 g/mol. The molecule has 0 spiro atoms. The van der Waals surface area contributed by atoms with Crippen LogP contribution >= 0.6 is 0 Å². The van der Waals surface area contributed by atoms with Gasteiger partial charge in [0.1, 0.15) is 11.3 Å². The van der Waals surface area contributed by atoms with Crippen molar-refractivity contribution in [2.75, 3.05) is 20.1 Å². The number of likely N-dealkylation sites (tertiary alicyclic amines) is 1. The van der Waals surface area contributed by atoms with Gasteiger partial charge in [-0.2, -0.15) is 0 Å². The summed E-state index contributed by atoms with van der Waals surface area (Å²) in [4.78, 5) is 11.7. The lowest BCUT2D eigenvalue weighted by molar-refractivity contribution is 0.377. The van der Waals surface area contributed by atoms with Crippen molar-refractivity contribution < 1.29 is 0 Å². The molecule has 1 fully saturated rings. The topological polar surface area (TPSA) is 34.0 Å². The summed E-state index contributed by atoms with van der Waals surface area (Å²) in [5, 5.41) is 0. The Morgan fingerprint density at radius 3 is 3.05 bits per heavy atom. The minimum Gasteiger partial charge on any atom is -0.312 e. The highest BCUT2D eigenvalue weighted by atomic mass is 15.2. The Balaban J connectivity index is 1.93. The third kappa shape index (κ3) is 2.50. The van der Waals surface area contributed by atoms with Crippen LogP contribution in [0.1, 0.15) is 25.6 Å². The molecular formula is C15H22N4. The van der Waals surface area contributed by atoms with E-state index in [1.54, 1.807) is 0 Å². The molecule has 1 unspecified atom stereocenters. The van der Waals surface area contributed by atoms with Crippen LogP contribution in [0.2, 0.25) is 0 Å². The van der Waals surface area contributed by atoms with Gasteiger partial charge in [-0.1, -0.05) is 6.92 Å². The van der Waals surface area contributed by atoms with E-state index in [0.717, 1.165) is 36.5 Å². The molecule has 0 bridgehead atoms. The van der Waals surface area contributed by atoms with Crippen LogP contribution in [0.5, 0.6) is 0 Å². The fourth-order valence-electron chi connectivity index (χ4n) is 3.05. The van der Waals surface area contributed by atoms with Crippen molar-refractivity contribution in [2.45, 2.75) is 32.7 Å². The van der Waals surface area contributed by atoms with Crippen LogP contribution in [0, 0.1) is 5.92 Å². The zero-order valence-electron chi connectivity index (χ0n) is 11.8. The van der Waals surface area contributed by atoms with Crippen LogP contribution in [0.4, 0.5) is 0 Å². The van der Waals surface area contributed by atoms with E-state index in [9.17, 15) is 0 Å². The molecule has 4 nitrogen and oxygen atoms in total. The van der Waals surface area contributed by atoms with Gasteiger partial charge in [0.15, 0.2) is 5.65 Å². The van der Waals surface area contributed by atoms with Crippen molar-refractivity contribution in [1.29, 1.82) is 0 Å². The van der Waals surface area contributed by atoms with E-state index in [1.807, 2.05) is 12.3 Å². The Morgan fingerprint density at radius 2 is 2.32 bits per heavy atom. The number of aromatic nitrogens is 3. The van der Waals surface area contributed by atoms with Gasteiger partial charge in [-0.3, -0.25) is 0 Å². The second-order valence-electron chi connectivity index (χ2n) is 5.65. The summed E-state index contributed by atoms with van der Waals surface area (Å²) >= 11 is 0. The number of pyridine rings is 1. The van der Waals surface area contributed by atoms with Gasteiger partial charge in [0.05, 0.1) is 0 Å². The molecule has 0 N–H and O–H groups in total. The number of aryl methyl sites for hydroxylation is 1. The first-order chi connectivity index (χ1) is 9.28. The van der Waals surface area contributed by atoms with Crippen LogP contribution in [0.25, 0.3) is 11.2 Å². The van der Waals surface area contributed by atoms with E-state index in [2.05, 4.69) is 34.5 Å². The Morgan fingerprint density at radius 1 is 1.42 bits per heavy atom. The van der Waals surface area contributed by atoms with E-state index in [4.69, 9.17) is 4.98 Å². The van der Waals surface area contributed by atoms with Crippen molar-refractivity contribution in [3.8, 4) is 0 Å². The predicted octanol–water partition coefficient (Wildman–Crippen LogP) is 2.34. The third-order valence-corrected chi connectivity index (χ3v) is 3.99. The van der Waals surface area contributed by atoms with Gasteiger partial charge in [0.2, 0.25) is 0 Å². The average Bonchev–Trinajstić information content (AvgIpc) is 2.96. The number of imidazole rings is 1. The Bertz CT molecular complexity index is 560. The third-order valence-electron chi connectivity index (χ3n) is 3.99. The van der Waals surface area contributed by atoms with Gasteiger partial charge in [-0.05, 0) is 44.5 Å². The quantitative estimate of drug-likeness (QED) is 0.844. The van der Waals surface area contributed by atoms with Crippen molar-refractivity contribution in [1.82, 2.24) is 19.4 Å². The molecule has 4 heteroatoms. The minimum absolute atomic E-state index is 0.736. The summed E-state index contributed by atoms with van der Waals surface area (Å²) in [5.41, 5.74) is 2.10. The number of rotatable bonds is 4. The molecule has 1 saturated heterocycles. The number of hydrogen-bond donors (Lipinski definition) is 0. The van der Waals surface area contributed by atoms with E-state index in [-0.39, 0.29) is 0 Å². The molecule has 0 amide bonds. The van der Waals surface area contributed by atoms with Gasteiger partial charge >= 0.3 is 0 Å². The Kier molecular flexibility index (Phi) is 3.51. The first-order valence-corrected chi connectivity index (χ1v) is 7.26. The summed E-state index contributed by atoms with van der Waals surface area (Å²) in [6.45, 7) is 5.68. The van der Waals surface area contributed by atoms with Crippen molar-refractivity contribution in [3.05, 3.63) is 24.2 Å². The number of fused-ring (bicyclic) bond motifs is 1. The molecule has 102 valence electrons. The molecule has 19 heavy (non-hydrogen) atoms. The lowest BCUT2D eigenvalue weighted by atomic mass is 10.1. The van der Waals surface area contributed by atoms with Crippen LogP contribution < -0.4 is 0 Å². The van der Waals surface area contributed by atoms with Crippen LogP contribution in [0.15, 0.2) is 18.3 Å². The SMILES string of the molecule is CCCc1nc2cccnc2n1CC1CCN(C)C1. The van der Waals surface area contributed by atoms with Gasteiger partial charge in [-0.25, -0.2) is 9.97 Å². The van der Waals surface area contributed by atoms with Crippen LogP contribution in [-0.4, -0.2) is 39.6 Å². The van der Waals surface area contributed by atoms with E-state index >= 15 is 0 Å². The predicted molar refractivity (Wildman–Crippen MR) is 77.1 cm³/mol. The standard InChI is InChI=1S/C15H22N4/c1-3-5-14-17-13-6-4-8-16-15(13)19(14)11-12-7-9-18(2)10-12/h4,6,8,12H,3,5,7,9-11H2,1-2H3. The Labute approximate surface area is 114 Å². The fourth-order valence-corrected chi connectivity index (χ4v) is 3.05. The van der Waals surface area contributed by atoms with Crippen LogP contribution in [-0.2, 0) is 13.0 Å². The second-order valence-corrected chi connectivity index (χ2v) is 5.65. The lowest BCUT2D eigenvalue weighted by Crippen LogP contribution is -2.18. The highest BCUT2D eigenvalue weighted by Gasteiger charge is 2.22. The maximum absolute atomic E-state index is 4.75. The molecule has 0 radical (unpaired) electrons. The maximum atomic E-state index is 4.75. The summed E-state index contributed by atoms with van der Waals surface area (Å²) < 4.78 is 2.35. The van der Waals surface area contributed by atoms with Crippen molar-refractivity contribution in [2.24, 2.45) is 5.92 Å². The molecule has 1 atom stereocenters. The molecular weight excluding hydrogens is 236 g/mol. The molecule has 1 aliphatic rings. The highest BCUT2D eigenvalue weighted by molar-refractivity contribution is 5.71. The summed E-state index contributed by atoms with van der Waals surface area (Å²) in [5.74, 6) is 1.94. The summed E-state index contributed by atoms with van der Waals surface area (Å²) in [6, 6.07) is 4.04. The van der Waals surface area contributed by atoms with Gasteiger partial charge in [0.25, 0.3) is 0 Å². The number of hydrogen-bond acceptors (Lipinski definition) is 3. The first-order valence-electron chi connectivity index (χ1n) is 7.26. The Hall–Kier alpha value is -1.42. The van der Waals surface area contributed by atoms with Crippen molar-refractivity contribution in [3.63, 3.8) is 0 Å². The molecule has 3 rings (SSSR count). The molecule has 2 aromatic rings. The highest BCUT2D eigenvalue weighted by Crippen LogP contribution is 2.21. The van der Waals surface area contributed by atoms with Gasteiger partial charge in [0, 0.05) is 25.7 Å². The molecule has 0 aromatic carbocycles. The maximum Gasteiger partial charge on any atom is 0.159 e. The lowest BCUT2D eigenvalue weighted by Gasteiger charge is -2.14. The molecule has 3 heterocycles. The van der Waals surface area contributed by atoms with Crippen molar-refractivity contribution >= 4 is 11.2 Å². The zero-order chi connectivity index (χ0) is 13.2. The minimum atomic E-state index is 0.736. The van der Waals surface area contributed by atoms with Crippen LogP contribution in [0.3, 0.4) is 0 Å². The first kappa shape index (κ1) is 12.6. The van der Waals surface area contributed by atoms with E-state index in [1.165, 1.54) is 25.3 Å². The molecule has 0 saturated carbocycles.